The molecule has 0 spiro atoms. The molecule has 5 heteroatoms. The Morgan fingerprint density at radius 3 is 2.61 bits per heavy atom. The van der Waals surface area contributed by atoms with Crippen molar-refractivity contribution in [1.29, 1.82) is 0 Å². The monoisotopic (exact) mass is 255 g/mol. The van der Waals surface area contributed by atoms with Gasteiger partial charge in [0.05, 0.1) is 6.61 Å². The molecule has 0 saturated carbocycles. The van der Waals surface area contributed by atoms with Crippen molar-refractivity contribution in [3.63, 3.8) is 0 Å². The maximum Gasteiger partial charge on any atom is 0.200 e. The molecule has 1 aromatic carbocycles. The van der Waals surface area contributed by atoms with Crippen LogP contribution in [0.3, 0.4) is 0 Å². The van der Waals surface area contributed by atoms with Crippen LogP contribution in [0.5, 0.6) is 17.2 Å². The van der Waals surface area contributed by atoms with Crippen LogP contribution in [-0.2, 0) is 11.3 Å². The third-order valence-corrected chi connectivity index (χ3v) is 2.59. The lowest BCUT2D eigenvalue weighted by molar-refractivity contribution is 0.133. The van der Waals surface area contributed by atoms with Crippen LogP contribution in [0.2, 0.25) is 0 Å². The van der Waals surface area contributed by atoms with Crippen LogP contribution in [0.25, 0.3) is 0 Å². The van der Waals surface area contributed by atoms with Crippen molar-refractivity contribution in [1.82, 2.24) is 5.32 Å². The lowest BCUT2D eigenvalue weighted by Gasteiger charge is -2.09. The highest BCUT2D eigenvalue weighted by molar-refractivity contribution is 5.52. The molecule has 0 aliphatic rings. The molecule has 0 radical (unpaired) electrons. The van der Waals surface area contributed by atoms with Crippen LogP contribution >= 0.6 is 0 Å². The Morgan fingerprint density at radius 1 is 1.11 bits per heavy atom. The molecule has 102 valence electrons. The van der Waals surface area contributed by atoms with Crippen molar-refractivity contribution < 1.29 is 20.1 Å². The fourth-order valence-electron chi connectivity index (χ4n) is 1.47. The molecule has 5 nitrogen and oxygen atoms in total. The predicted octanol–water partition coefficient (Wildman–Crippen LogP) is 1.71. The van der Waals surface area contributed by atoms with Crippen LogP contribution < -0.4 is 5.32 Å². The SMILES string of the molecule is CCCCOCCNCc1ccc(O)c(O)c1O. The van der Waals surface area contributed by atoms with Gasteiger partial charge in [0.1, 0.15) is 0 Å². The number of aromatic hydroxyl groups is 3. The maximum absolute atomic E-state index is 9.57. The summed E-state index contributed by atoms with van der Waals surface area (Å²) in [5.74, 6) is -1.08. The Labute approximate surface area is 107 Å². The van der Waals surface area contributed by atoms with Gasteiger partial charge in [-0.05, 0) is 12.5 Å². The second-order valence-electron chi connectivity index (χ2n) is 4.08. The minimum Gasteiger partial charge on any atom is -0.504 e. The summed E-state index contributed by atoms with van der Waals surface area (Å²) < 4.78 is 5.37. The van der Waals surface area contributed by atoms with E-state index in [9.17, 15) is 10.2 Å². The molecular formula is C13H21NO4. The van der Waals surface area contributed by atoms with Crippen LogP contribution in [0.4, 0.5) is 0 Å². The summed E-state index contributed by atoms with van der Waals surface area (Å²) in [6, 6.07) is 2.92. The average Bonchev–Trinajstić information content (AvgIpc) is 2.37. The zero-order chi connectivity index (χ0) is 13.4. The largest absolute Gasteiger partial charge is 0.504 e. The van der Waals surface area contributed by atoms with Crippen molar-refractivity contribution in [2.24, 2.45) is 0 Å². The molecule has 0 saturated heterocycles. The van der Waals surface area contributed by atoms with E-state index in [-0.39, 0.29) is 11.5 Å². The van der Waals surface area contributed by atoms with Gasteiger partial charge in [0.15, 0.2) is 11.5 Å². The molecule has 0 heterocycles. The molecule has 0 fully saturated rings. The third kappa shape index (κ3) is 4.43. The van der Waals surface area contributed by atoms with Crippen LogP contribution in [0.15, 0.2) is 12.1 Å². The smallest absolute Gasteiger partial charge is 0.200 e. The molecule has 4 N–H and O–H groups in total. The topological polar surface area (TPSA) is 82.0 Å². The number of nitrogens with one attached hydrogen (secondary N) is 1. The van der Waals surface area contributed by atoms with Gasteiger partial charge in [-0.2, -0.15) is 0 Å². The molecule has 0 aliphatic carbocycles. The second kappa shape index (κ2) is 7.79. The fourth-order valence-corrected chi connectivity index (χ4v) is 1.47. The number of hydrogen-bond acceptors (Lipinski definition) is 5. The Balaban J connectivity index is 2.25. The number of benzene rings is 1. The Bertz CT molecular complexity index is 368. The lowest BCUT2D eigenvalue weighted by atomic mass is 10.1. The van der Waals surface area contributed by atoms with Gasteiger partial charge in [-0.1, -0.05) is 19.4 Å². The Hall–Kier alpha value is -1.46. The highest BCUT2D eigenvalue weighted by Gasteiger charge is 2.10. The van der Waals surface area contributed by atoms with Gasteiger partial charge in [0.2, 0.25) is 5.75 Å². The first-order valence-electron chi connectivity index (χ1n) is 6.18. The van der Waals surface area contributed by atoms with Crippen LogP contribution in [0.1, 0.15) is 25.3 Å². The Kier molecular flexibility index (Phi) is 6.32. The number of unbranched alkanes of at least 4 members (excludes halogenated alkanes) is 1. The lowest BCUT2D eigenvalue weighted by Crippen LogP contribution is -2.19. The van der Waals surface area contributed by atoms with Crippen molar-refractivity contribution >= 4 is 0 Å². The summed E-state index contributed by atoms with van der Waals surface area (Å²) in [4.78, 5) is 0. The molecule has 0 aliphatic heterocycles. The zero-order valence-corrected chi connectivity index (χ0v) is 10.6. The van der Waals surface area contributed by atoms with E-state index in [2.05, 4.69) is 12.2 Å². The van der Waals surface area contributed by atoms with Crippen LogP contribution in [-0.4, -0.2) is 35.1 Å². The van der Waals surface area contributed by atoms with E-state index in [4.69, 9.17) is 9.84 Å². The van der Waals surface area contributed by atoms with Gasteiger partial charge in [-0.25, -0.2) is 0 Å². The number of ether oxygens (including phenoxy) is 1. The zero-order valence-electron chi connectivity index (χ0n) is 10.6. The molecular weight excluding hydrogens is 234 g/mol. The molecule has 1 rings (SSSR count). The molecule has 0 atom stereocenters. The normalized spacial score (nSPS) is 10.7. The molecule has 0 amide bonds. The van der Waals surface area contributed by atoms with E-state index >= 15 is 0 Å². The minimum absolute atomic E-state index is 0.283. The van der Waals surface area contributed by atoms with E-state index in [0.29, 0.717) is 25.3 Å². The first kappa shape index (κ1) is 14.6. The standard InChI is InChI=1S/C13H21NO4/c1-2-3-7-18-8-6-14-9-10-4-5-11(15)13(17)12(10)16/h4-5,14-17H,2-3,6-9H2,1H3. The first-order valence-corrected chi connectivity index (χ1v) is 6.18. The van der Waals surface area contributed by atoms with Gasteiger partial charge in [-0.3, -0.25) is 0 Å². The van der Waals surface area contributed by atoms with E-state index in [0.717, 1.165) is 19.4 Å². The van der Waals surface area contributed by atoms with Gasteiger partial charge in [-0.15, -0.1) is 0 Å². The summed E-state index contributed by atoms with van der Waals surface area (Å²) >= 11 is 0. The summed E-state index contributed by atoms with van der Waals surface area (Å²) in [6.45, 7) is 4.58. The fraction of sp³-hybridized carbons (Fsp3) is 0.538. The first-order chi connectivity index (χ1) is 8.66. The van der Waals surface area contributed by atoms with Crippen LogP contribution in [0, 0.1) is 0 Å². The molecule has 0 bridgehead atoms. The highest BCUT2D eigenvalue weighted by atomic mass is 16.5. The molecule has 0 aromatic heterocycles. The van der Waals surface area contributed by atoms with E-state index in [1.165, 1.54) is 6.07 Å². The van der Waals surface area contributed by atoms with E-state index in [1.54, 1.807) is 6.07 Å². The number of phenols is 3. The summed E-state index contributed by atoms with van der Waals surface area (Å²) in [5, 5.41) is 31.2. The number of phenolic OH excluding ortho intramolecular Hbond substituents is 3. The Morgan fingerprint density at radius 2 is 1.89 bits per heavy atom. The quantitative estimate of drug-likeness (QED) is 0.420. The maximum atomic E-state index is 9.57. The van der Waals surface area contributed by atoms with Crippen molar-refractivity contribution in [3.8, 4) is 17.2 Å². The highest BCUT2D eigenvalue weighted by Crippen LogP contribution is 2.36. The molecule has 0 unspecified atom stereocenters. The van der Waals surface area contributed by atoms with E-state index in [1.807, 2.05) is 0 Å². The van der Waals surface area contributed by atoms with Gasteiger partial charge >= 0.3 is 0 Å². The van der Waals surface area contributed by atoms with Gasteiger partial charge < -0.3 is 25.4 Å². The third-order valence-electron chi connectivity index (χ3n) is 2.59. The predicted molar refractivity (Wildman–Crippen MR) is 68.9 cm³/mol. The average molecular weight is 255 g/mol. The number of hydrogen-bond donors (Lipinski definition) is 4. The second-order valence-corrected chi connectivity index (χ2v) is 4.08. The van der Waals surface area contributed by atoms with Crippen molar-refractivity contribution in [2.75, 3.05) is 19.8 Å². The van der Waals surface area contributed by atoms with Crippen molar-refractivity contribution in [2.45, 2.75) is 26.3 Å². The molecule has 1 aromatic rings. The van der Waals surface area contributed by atoms with Gasteiger partial charge in [0.25, 0.3) is 0 Å². The minimum atomic E-state index is -0.478. The van der Waals surface area contributed by atoms with Gasteiger partial charge in [0, 0.05) is 25.3 Å². The summed E-state index contributed by atoms with van der Waals surface area (Å²) in [7, 11) is 0. The van der Waals surface area contributed by atoms with Crippen molar-refractivity contribution in [3.05, 3.63) is 17.7 Å². The molecule has 18 heavy (non-hydrogen) atoms. The number of rotatable bonds is 8. The van der Waals surface area contributed by atoms with E-state index < -0.39 is 5.75 Å². The summed E-state index contributed by atoms with van der Waals surface area (Å²) in [5.41, 5.74) is 0.541. The summed E-state index contributed by atoms with van der Waals surface area (Å²) in [6.07, 6.45) is 2.18.